The average Bonchev–Trinajstić information content (AvgIpc) is 3.35. The van der Waals surface area contributed by atoms with Gasteiger partial charge >= 0.3 is 0 Å². The Bertz CT molecular complexity index is 1180. The molecule has 4 rings (SSSR count). The average molecular weight is 440 g/mol. The lowest BCUT2D eigenvalue weighted by Crippen LogP contribution is -2.22. The first kappa shape index (κ1) is 21.9. The van der Waals surface area contributed by atoms with E-state index in [1.165, 1.54) is 12.1 Å². The monoisotopic (exact) mass is 439 g/mol. The second-order valence-corrected chi connectivity index (χ2v) is 9.06. The molecule has 1 aliphatic heterocycles. The maximum Gasteiger partial charge on any atom is 0.254 e. The summed E-state index contributed by atoms with van der Waals surface area (Å²) >= 11 is 0. The van der Waals surface area contributed by atoms with E-state index in [2.05, 4.69) is 15.3 Å². The first-order valence-corrected chi connectivity index (χ1v) is 10.7. The Hall–Kier alpha value is -3.29. The molecule has 1 aliphatic rings. The molecule has 3 aromatic rings. The summed E-state index contributed by atoms with van der Waals surface area (Å²) in [6.07, 6.45) is 4.89. The van der Waals surface area contributed by atoms with Crippen LogP contribution in [0.5, 0.6) is 0 Å². The van der Waals surface area contributed by atoms with Gasteiger partial charge < -0.3 is 14.8 Å². The third-order valence-electron chi connectivity index (χ3n) is 5.84. The van der Waals surface area contributed by atoms with Crippen molar-refractivity contribution in [3.8, 4) is 11.3 Å². The fourth-order valence-electron chi connectivity index (χ4n) is 3.87. The van der Waals surface area contributed by atoms with Crippen LogP contribution in [0.15, 0.2) is 36.9 Å². The first-order chi connectivity index (χ1) is 15.1. The minimum atomic E-state index is -0.560. The van der Waals surface area contributed by atoms with E-state index in [0.717, 1.165) is 5.56 Å². The number of anilines is 1. The van der Waals surface area contributed by atoms with Gasteiger partial charge in [-0.15, -0.1) is 0 Å². The molecular weight excluding hydrogens is 412 g/mol. The van der Waals surface area contributed by atoms with Crippen LogP contribution in [0.2, 0.25) is 0 Å². The van der Waals surface area contributed by atoms with Gasteiger partial charge in [-0.3, -0.25) is 4.79 Å². The molecule has 0 unspecified atom stereocenters. The third kappa shape index (κ3) is 3.85. The lowest BCUT2D eigenvalue weighted by Gasteiger charge is -2.20. The number of hydrogen-bond acceptors (Lipinski definition) is 4. The molecule has 32 heavy (non-hydrogen) atoms. The number of imidazole rings is 1. The molecule has 0 bridgehead atoms. The first-order valence-electron chi connectivity index (χ1n) is 10.7. The number of benzene rings is 1. The molecule has 3 heterocycles. The van der Waals surface area contributed by atoms with Gasteiger partial charge in [0.05, 0.1) is 24.6 Å². The summed E-state index contributed by atoms with van der Waals surface area (Å²) in [7, 11) is 0. The number of hydrogen-bond donors (Lipinski definition) is 1. The normalized spacial score (nSPS) is 14.6. The zero-order valence-corrected chi connectivity index (χ0v) is 18.9. The molecular formula is C24H27F2N5O. The number of nitrogens with one attached hydrogen (secondary N) is 1. The van der Waals surface area contributed by atoms with E-state index in [0.29, 0.717) is 30.2 Å². The molecule has 8 heteroatoms. The minimum Gasteiger partial charge on any atom is -0.363 e. The SMILES string of the molecule is CCN1Cc2c(ccnc2N[C@@H](C)c2cc(F)c(-c3cn(C(C)(C)C)cn3)cc2F)C1=O. The maximum atomic E-state index is 15.0. The quantitative estimate of drug-likeness (QED) is 0.599. The van der Waals surface area contributed by atoms with Crippen molar-refractivity contribution in [2.24, 2.45) is 0 Å². The molecule has 168 valence electrons. The largest absolute Gasteiger partial charge is 0.363 e. The molecule has 1 amide bonds. The summed E-state index contributed by atoms with van der Waals surface area (Å²) in [5.74, 6) is -0.623. The Kier molecular flexibility index (Phi) is 5.48. The highest BCUT2D eigenvalue weighted by molar-refractivity contribution is 5.99. The lowest BCUT2D eigenvalue weighted by molar-refractivity contribution is 0.0787. The van der Waals surface area contributed by atoms with Gasteiger partial charge in [0.15, 0.2) is 0 Å². The van der Waals surface area contributed by atoms with Crippen molar-refractivity contribution in [2.75, 3.05) is 11.9 Å². The summed E-state index contributed by atoms with van der Waals surface area (Å²) in [6.45, 7) is 10.7. The van der Waals surface area contributed by atoms with Crippen LogP contribution in [0.1, 0.15) is 62.1 Å². The van der Waals surface area contributed by atoms with Crippen molar-refractivity contribution in [3.63, 3.8) is 0 Å². The molecule has 6 nitrogen and oxygen atoms in total. The molecule has 0 saturated heterocycles. The Labute approximate surface area is 186 Å². The van der Waals surface area contributed by atoms with Crippen molar-refractivity contribution < 1.29 is 13.6 Å². The standard InChI is InChI=1S/C24H27F2N5O/c1-6-30-11-18-15(23(30)32)7-8-27-22(18)29-14(2)16-9-20(26)17(10-19(16)25)21-12-31(13-28-21)24(3,4)5/h7-10,12-14H,6,11H2,1-5H3,(H,27,29)/t14-/m0/s1. The molecule has 0 fully saturated rings. The highest BCUT2D eigenvalue weighted by Crippen LogP contribution is 2.32. The molecule has 1 N–H and O–H groups in total. The van der Waals surface area contributed by atoms with Crippen LogP contribution in [0.4, 0.5) is 14.6 Å². The maximum absolute atomic E-state index is 15.0. The van der Waals surface area contributed by atoms with Crippen LogP contribution in [0.3, 0.4) is 0 Å². The van der Waals surface area contributed by atoms with Gasteiger partial charge in [0.1, 0.15) is 17.5 Å². The zero-order valence-electron chi connectivity index (χ0n) is 18.9. The number of halogens is 2. The molecule has 0 saturated carbocycles. The summed E-state index contributed by atoms with van der Waals surface area (Å²) in [6, 6.07) is 3.51. The number of aromatic nitrogens is 3. The van der Waals surface area contributed by atoms with Gasteiger partial charge in [-0.25, -0.2) is 18.7 Å². The minimum absolute atomic E-state index is 0.0446. The predicted octanol–water partition coefficient (Wildman–Crippen LogP) is 5.13. The van der Waals surface area contributed by atoms with Crippen molar-refractivity contribution in [1.29, 1.82) is 0 Å². The van der Waals surface area contributed by atoms with Crippen molar-refractivity contribution in [2.45, 2.75) is 52.7 Å². The lowest BCUT2D eigenvalue weighted by atomic mass is 10.0. The summed E-state index contributed by atoms with van der Waals surface area (Å²) in [4.78, 5) is 22.7. The second kappa shape index (κ2) is 8.00. The highest BCUT2D eigenvalue weighted by atomic mass is 19.1. The Morgan fingerprint density at radius 2 is 1.91 bits per heavy atom. The number of pyridine rings is 1. The van der Waals surface area contributed by atoms with Gasteiger partial charge in [0, 0.05) is 46.7 Å². The number of amides is 1. The van der Waals surface area contributed by atoms with Crippen LogP contribution >= 0.6 is 0 Å². The molecule has 0 spiro atoms. The predicted molar refractivity (Wildman–Crippen MR) is 119 cm³/mol. The number of nitrogens with zero attached hydrogens (tertiary/aromatic N) is 4. The fourth-order valence-corrected chi connectivity index (χ4v) is 3.87. The number of fused-ring (bicyclic) bond motifs is 1. The van der Waals surface area contributed by atoms with Gasteiger partial charge in [-0.1, -0.05) is 0 Å². The van der Waals surface area contributed by atoms with Crippen molar-refractivity contribution in [3.05, 3.63) is 65.2 Å². The number of carbonyl (C=O) groups excluding carboxylic acids is 1. The molecule has 0 radical (unpaired) electrons. The van der Waals surface area contributed by atoms with Crippen LogP contribution in [0.25, 0.3) is 11.3 Å². The zero-order chi connectivity index (χ0) is 23.2. The smallest absolute Gasteiger partial charge is 0.254 e. The summed E-state index contributed by atoms with van der Waals surface area (Å²) < 4.78 is 31.9. The summed E-state index contributed by atoms with van der Waals surface area (Å²) in [5, 5.41) is 3.16. The number of rotatable bonds is 5. The topological polar surface area (TPSA) is 63.1 Å². The summed E-state index contributed by atoms with van der Waals surface area (Å²) in [5.41, 5.74) is 1.83. The van der Waals surface area contributed by atoms with E-state index in [1.807, 2.05) is 32.3 Å². The van der Waals surface area contributed by atoms with Crippen LogP contribution in [0, 0.1) is 11.6 Å². The van der Waals surface area contributed by atoms with Gasteiger partial charge in [0.2, 0.25) is 0 Å². The van der Waals surface area contributed by atoms with Crippen LogP contribution in [-0.4, -0.2) is 31.9 Å². The number of carbonyl (C=O) groups is 1. The van der Waals surface area contributed by atoms with Gasteiger partial charge in [-0.2, -0.15) is 0 Å². The van der Waals surface area contributed by atoms with E-state index in [9.17, 15) is 9.18 Å². The molecule has 0 aliphatic carbocycles. The van der Waals surface area contributed by atoms with E-state index >= 15 is 4.39 Å². The van der Waals surface area contributed by atoms with Gasteiger partial charge in [0.25, 0.3) is 5.91 Å². The highest BCUT2D eigenvalue weighted by Gasteiger charge is 2.29. The van der Waals surface area contributed by atoms with Gasteiger partial charge in [-0.05, 0) is 52.8 Å². The van der Waals surface area contributed by atoms with Crippen molar-refractivity contribution in [1.82, 2.24) is 19.4 Å². The van der Waals surface area contributed by atoms with E-state index in [-0.39, 0.29) is 22.6 Å². The van der Waals surface area contributed by atoms with Crippen LogP contribution in [-0.2, 0) is 12.1 Å². The Morgan fingerprint density at radius 3 is 2.56 bits per heavy atom. The molecule has 1 aromatic carbocycles. The second-order valence-electron chi connectivity index (χ2n) is 9.06. The van der Waals surface area contributed by atoms with Crippen LogP contribution < -0.4 is 5.32 Å². The van der Waals surface area contributed by atoms with E-state index in [1.54, 1.807) is 36.6 Å². The molecule has 2 aromatic heterocycles. The van der Waals surface area contributed by atoms with Crippen molar-refractivity contribution >= 4 is 11.7 Å². The Balaban J connectivity index is 1.61. The van der Waals surface area contributed by atoms with E-state index < -0.39 is 17.7 Å². The third-order valence-corrected chi connectivity index (χ3v) is 5.84. The molecule has 1 atom stereocenters. The Morgan fingerprint density at radius 1 is 1.16 bits per heavy atom. The van der Waals surface area contributed by atoms with E-state index in [4.69, 9.17) is 0 Å². The fraction of sp³-hybridized carbons (Fsp3) is 0.375.